The summed E-state index contributed by atoms with van der Waals surface area (Å²) in [5.41, 5.74) is 0.689. The highest BCUT2D eigenvalue weighted by Gasteiger charge is 2.59. The average Bonchev–Trinajstić information content (AvgIpc) is 2.46. The van der Waals surface area contributed by atoms with Crippen LogP contribution in [0.15, 0.2) is 43.0 Å². The third-order valence-corrected chi connectivity index (χ3v) is 6.34. The highest BCUT2D eigenvalue weighted by atomic mass is 16.3. The van der Waals surface area contributed by atoms with Crippen LogP contribution in [0.3, 0.4) is 0 Å². The van der Waals surface area contributed by atoms with Gasteiger partial charge >= 0.3 is 0 Å². The first kappa shape index (κ1) is 12.6. The zero-order valence-electron chi connectivity index (χ0n) is 12.0. The summed E-state index contributed by atoms with van der Waals surface area (Å²) in [4.78, 5) is 0. The third kappa shape index (κ3) is 1.65. The van der Waals surface area contributed by atoms with E-state index in [0.29, 0.717) is 11.8 Å². The molecule has 4 aliphatic carbocycles. The molecule has 0 spiro atoms. The minimum Gasteiger partial charge on any atom is -0.388 e. The zero-order chi connectivity index (χ0) is 13.7. The molecule has 1 heteroatoms. The maximum absolute atomic E-state index is 11.6. The molecule has 0 saturated heterocycles. The van der Waals surface area contributed by atoms with Gasteiger partial charge in [-0.3, -0.25) is 0 Å². The van der Waals surface area contributed by atoms with Crippen molar-refractivity contribution in [1.82, 2.24) is 0 Å². The van der Waals surface area contributed by atoms with Gasteiger partial charge in [0.15, 0.2) is 0 Å². The molecule has 1 unspecified atom stereocenters. The summed E-state index contributed by atoms with van der Waals surface area (Å²) in [5, 5.41) is 11.6. The second-order valence-electron chi connectivity index (χ2n) is 7.32. The molecule has 1 nitrogen and oxygen atoms in total. The van der Waals surface area contributed by atoms with Crippen LogP contribution in [0.2, 0.25) is 0 Å². The minimum atomic E-state index is -0.545. The Hall–Kier alpha value is -1.08. The lowest BCUT2D eigenvalue weighted by molar-refractivity contribution is -0.179. The van der Waals surface area contributed by atoms with E-state index in [1.807, 2.05) is 12.1 Å². The molecule has 1 atom stereocenters. The fraction of sp³-hybridized carbons (Fsp3) is 0.579. The summed E-state index contributed by atoms with van der Waals surface area (Å²) in [6.45, 7) is 4.06. The monoisotopic (exact) mass is 268 g/mol. The first-order chi connectivity index (χ1) is 9.71. The van der Waals surface area contributed by atoms with Crippen molar-refractivity contribution < 1.29 is 5.11 Å². The van der Waals surface area contributed by atoms with Crippen LogP contribution < -0.4 is 0 Å². The van der Waals surface area contributed by atoms with Crippen LogP contribution in [-0.4, -0.2) is 10.7 Å². The molecule has 0 aliphatic heterocycles. The SMILES string of the molecule is C=CC(c1ccccc1)C1(O)C2CC3CC(C2)CC1C3. The normalized spacial score (nSPS) is 43.5. The van der Waals surface area contributed by atoms with E-state index in [9.17, 15) is 5.11 Å². The van der Waals surface area contributed by atoms with Gasteiger partial charge in [0.1, 0.15) is 0 Å². The van der Waals surface area contributed by atoms with E-state index in [1.165, 1.54) is 37.7 Å². The van der Waals surface area contributed by atoms with E-state index >= 15 is 0 Å². The number of hydrogen-bond donors (Lipinski definition) is 1. The molecule has 4 aliphatic rings. The van der Waals surface area contributed by atoms with Gasteiger partial charge in [0, 0.05) is 5.92 Å². The number of aliphatic hydroxyl groups is 1. The van der Waals surface area contributed by atoms with Crippen LogP contribution in [0, 0.1) is 23.7 Å². The number of benzene rings is 1. The van der Waals surface area contributed by atoms with Gasteiger partial charge in [-0.2, -0.15) is 0 Å². The molecule has 106 valence electrons. The van der Waals surface area contributed by atoms with Crippen molar-refractivity contribution in [2.24, 2.45) is 23.7 Å². The van der Waals surface area contributed by atoms with E-state index in [-0.39, 0.29) is 5.92 Å². The summed E-state index contributed by atoms with van der Waals surface area (Å²) in [5.74, 6) is 2.85. The predicted molar refractivity (Wildman–Crippen MR) is 81.4 cm³/mol. The summed E-state index contributed by atoms with van der Waals surface area (Å²) >= 11 is 0. The zero-order valence-corrected chi connectivity index (χ0v) is 12.0. The number of rotatable bonds is 3. The Labute approximate surface area is 121 Å². The minimum absolute atomic E-state index is 0.0960. The van der Waals surface area contributed by atoms with Gasteiger partial charge in [-0.25, -0.2) is 0 Å². The van der Waals surface area contributed by atoms with Crippen LogP contribution in [0.4, 0.5) is 0 Å². The van der Waals surface area contributed by atoms with Gasteiger partial charge < -0.3 is 5.11 Å². The molecule has 20 heavy (non-hydrogen) atoms. The average molecular weight is 268 g/mol. The van der Waals surface area contributed by atoms with Crippen LogP contribution in [-0.2, 0) is 0 Å². The number of hydrogen-bond acceptors (Lipinski definition) is 1. The van der Waals surface area contributed by atoms with Gasteiger partial charge in [0.2, 0.25) is 0 Å². The lowest BCUT2D eigenvalue weighted by Crippen LogP contribution is -2.60. The van der Waals surface area contributed by atoms with Gasteiger partial charge in [0.25, 0.3) is 0 Å². The van der Waals surface area contributed by atoms with E-state index in [4.69, 9.17) is 0 Å². The highest BCUT2D eigenvalue weighted by Crippen LogP contribution is 2.61. The molecular weight excluding hydrogens is 244 g/mol. The second kappa shape index (κ2) is 4.46. The Morgan fingerprint density at radius 3 is 2.05 bits per heavy atom. The first-order valence-corrected chi connectivity index (χ1v) is 8.11. The van der Waals surface area contributed by atoms with Crippen molar-refractivity contribution in [1.29, 1.82) is 0 Å². The summed E-state index contributed by atoms with van der Waals surface area (Å²) < 4.78 is 0. The molecule has 1 aromatic rings. The van der Waals surface area contributed by atoms with Crippen molar-refractivity contribution in [2.45, 2.75) is 43.6 Å². The van der Waals surface area contributed by atoms with Crippen LogP contribution in [0.1, 0.15) is 43.6 Å². The fourth-order valence-electron chi connectivity index (χ4n) is 5.70. The quantitative estimate of drug-likeness (QED) is 0.817. The molecule has 0 heterocycles. The van der Waals surface area contributed by atoms with Crippen molar-refractivity contribution in [2.75, 3.05) is 0 Å². The molecule has 0 amide bonds. The maximum Gasteiger partial charge on any atom is 0.0806 e. The smallest absolute Gasteiger partial charge is 0.0806 e. The van der Waals surface area contributed by atoms with Crippen molar-refractivity contribution in [3.05, 3.63) is 48.6 Å². The molecular formula is C19H24O. The lowest BCUT2D eigenvalue weighted by Gasteiger charge is -2.61. The standard InChI is InChI=1S/C19H24O/c1-2-18(15-6-4-3-5-7-15)19(20)16-9-13-8-14(11-16)12-17(19)10-13/h2-7,13-14,16-18,20H,1,8-12H2. The van der Waals surface area contributed by atoms with E-state index in [1.54, 1.807) is 0 Å². The Bertz CT molecular complexity index is 476. The van der Waals surface area contributed by atoms with Crippen LogP contribution in [0.25, 0.3) is 0 Å². The topological polar surface area (TPSA) is 20.2 Å². The fourth-order valence-corrected chi connectivity index (χ4v) is 5.70. The van der Waals surface area contributed by atoms with E-state index < -0.39 is 5.60 Å². The largest absolute Gasteiger partial charge is 0.388 e. The molecule has 1 aromatic carbocycles. The van der Waals surface area contributed by atoms with E-state index in [0.717, 1.165) is 11.8 Å². The molecule has 5 rings (SSSR count). The van der Waals surface area contributed by atoms with E-state index in [2.05, 4.69) is 30.8 Å². The summed E-state index contributed by atoms with van der Waals surface area (Å²) in [6, 6.07) is 10.5. The van der Waals surface area contributed by atoms with Gasteiger partial charge in [-0.1, -0.05) is 36.4 Å². The first-order valence-electron chi connectivity index (χ1n) is 8.11. The Kier molecular flexibility index (Phi) is 2.82. The molecule has 4 bridgehead atoms. The highest BCUT2D eigenvalue weighted by molar-refractivity contribution is 5.30. The molecule has 0 radical (unpaired) electrons. The van der Waals surface area contributed by atoms with Crippen LogP contribution in [0.5, 0.6) is 0 Å². The summed E-state index contributed by atoms with van der Waals surface area (Å²) in [7, 11) is 0. The van der Waals surface area contributed by atoms with Gasteiger partial charge in [0.05, 0.1) is 5.60 Å². The van der Waals surface area contributed by atoms with Crippen molar-refractivity contribution in [3.8, 4) is 0 Å². The maximum atomic E-state index is 11.6. The second-order valence-corrected chi connectivity index (χ2v) is 7.32. The van der Waals surface area contributed by atoms with Crippen molar-refractivity contribution in [3.63, 3.8) is 0 Å². The lowest BCUT2D eigenvalue weighted by atomic mass is 9.47. The molecule has 4 fully saturated rings. The van der Waals surface area contributed by atoms with Gasteiger partial charge in [-0.05, 0) is 61.3 Å². The molecule has 4 saturated carbocycles. The predicted octanol–water partition coefficient (Wildman–Crippen LogP) is 4.14. The third-order valence-electron chi connectivity index (χ3n) is 6.34. The van der Waals surface area contributed by atoms with Crippen LogP contribution >= 0.6 is 0 Å². The Balaban J connectivity index is 1.74. The van der Waals surface area contributed by atoms with Gasteiger partial charge in [-0.15, -0.1) is 6.58 Å². The molecule has 1 N–H and O–H groups in total. The molecule has 0 aromatic heterocycles. The Morgan fingerprint density at radius 1 is 1.00 bits per heavy atom. The van der Waals surface area contributed by atoms with Crippen molar-refractivity contribution >= 4 is 0 Å². The summed E-state index contributed by atoms with van der Waals surface area (Å²) in [6.07, 6.45) is 8.37. The Morgan fingerprint density at radius 2 is 1.55 bits per heavy atom.